The average Bonchev–Trinajstić information content (AvgIpc) is 3.31. The average molecular weight is 433 g/mol. The number of benzene rings is 1. The quantitative estimate of drug-likeness (QED) is 0.717. The molecule has 2 aliphatic heterocycles. The first-order valence-corrected chi connectivity index (χ1v) is 11.9. The lowest BCUT2D eigenvalue weighted by Crippen LogP contribution is -2.44. The van der Waals surface area contributed by atoms with E-state index in [0.717, 1.165) is 43.1 Å². The number of hydrogen-bond acceptors (Lipinski definition) is 6. The van der Waals surface area contributed by atoms with Gasteiger partial charge in [-0.3, -0.25) is 9.89 Å². The first-order valence-electron chi connectivity index (χ1n) is 10.3. The van der Waals surface area contributed by atoms with E-state index in [2.05, 4.69) is 32.4 Å². The molecule has 1 saturated heterocycles. The highest BCUT2D eigenvalue weighted by Gasteiger charge is 2.32. The lowest BCUT2D eigenvalue weighted by molar-refractivity contribution is 0.102. The maximum absolute atomic E-state index is 12.7. The fraction of sp³-hybridized carbons (Fsp3) is 0.500. The number of carbonyl (C=O) groups excluding carboxylic acids is 1. The van der Waals surface area contributed by atoms with Gasteiger partial charge in [0.05, 0.1) is 18.0 Å². The van der Waals surface area contributed by atoms with Crippen LogP contribution in [0.25, 0.3) is 0 Å². The minimum atomic E-state index is -3.30. The van der Waals surface area contributed by atoms with Crippen molar-refractivity contribution in [2.24, 2.45) is 0 Å². The van der Waals surface area contributed by atoms with Crippen LogP contribution in [0.2, 0.25) is 0 Å². The van der Waals surface area contributed by atoms with Crippen LogP contribution in [-0.2, 0) is 23.1 Å². The number of sulfonamides is 1. The molecule has 162 valence electrons. The summed E-state index contributed by atoms with van der Waals surface area (Å²) < 4.78 is 26.1. The summed E-state index contributed by atoms with van der Waals surface area (Å²) in [7, 11) is -1.18. The van der Waals surface area contributed by atoms with Crippen molar-refractivity contribution in [2.75, 3.05) is 49.2 Å². The van der Waals surface area contributed by atoms with Gasteiger partial charge in [-0.1, -0.05) is 6.92 Å². The van der Waals surface area contributed by atoms with Gasteiger partial charge in [0.2, 0.25) is 10.0 Å². The van der Waals surface area contributed by atoms with Gasteiger partial charge in [-0.2, -0.15) is 9.40 Å². The van der Waals surface area contributed by atoms with Crippen molar-refractivity contribution in [2.45, 2.75) is 26.4 Å². The van der Waals surface area contributed by atoms with E-state index in [-0.39, 0.29) is 24.7 Å². The summed E-state index contributed by atoms with van der Waals surface area (Å²) >= 11 is 0. The molecule has 0 atom stereocenters. The molecule has 4 rings (SSSR count). The predicted molar refractivity (Wildman–Crippen MR) is 116 cm³/mol. The molecule has 0 spiro atoms. The van der Waals surface area contributed by atoms with E-state index in [1.165, 1.54) is 4.31 Å². The number of rotatable bonds is 6. The maximum Gasteiger partial charge on any atom is 0.256 e. The van der Waals surface area contributed by atoms with Crippen LogP contribution in [0.15, 0.2) is 24.3 Å². The molecular weight excluding hydrogens is 404 g/mol. The summed E-state index contributed by atoms with van der Waals surface area (Å²) in [5.74, 6) is 0.253. The van der Waals surface area contributed by atoms with E-state index >= 15 is 0 Å². The molecule has 1 amide bonds. The first kappa shape index (κ1) is 20.8. The number of anilines is 2. The van der Waals surface area contributed by atoms with Crippen molar-refractivity contribution < 1.29 is 13.2 Å². The third-order valence-electron chi connectivity index (χ3n) is 5.71. The predicted octanol–water partition coefficient (Wildman–Crippen LogP) is 1.47. The fourth-order valence-electron chi connectivity index (χ4n) is 3.87. The largest absolute Gasteiger partial charge is 0.369 e. The summed E-state index contributed by atoms with van der Waals surface area (Å²) in [6.45, 7) is 6.33. The van der Waals surface area contributed by atoms with Gasteiger partial charge < -0.3 is 15.1 Å². The van der Waals surface area contributed by atoms with Crippen LogP contribution in [0.4, 0.5) is 11.5 Å². The van der Waals surface area contributed by atoms with E-state index in [0.29, 0.717) is 17.8 Å². The van der Waals surface area contributed by atoms with Crippen LogP contribution in [0.3, 0.4) is 0 Å². The van der Waals surface area contributed by atoms with Crippen molar-refractivity contribution in [1.29, 1.82) is 0 Å². The second-order valence-electron chi connectivity index (χ2n) is 7.90. The number of amides is 1. The molecule has 0 saturated carbocycles. The lowest BCUT2D eigenvalue weighted by Gasteiger charge is -2.34. The Morgan fingerprint density at radius 1 is 1.13 bits per heavy atom. The summed E-state index contributed by atoms with van der Waals surface area (Å²) in [4.78, 5) is 17.3. The third-order valence-corrected chi connectivity index (χ3v) is 7.68. The van der Waals surface area contributed by atoms with Gasteiger partial charge in [0.15, 0.2) is 5.82 Å². The number of hydrogen-bond donors (Lipinski definition) is 2. The highest BCUT2D eigenvalue weighted by Crippen LogP contribution is 2.29. The maximum atomic E-state index is 12.7. The summed E-state index contributed by atoms with van der Waals surface area (Å²) in [5.41, 5.74) is 3.11. The number of H-pyrrole nitrogens is 1. The molecule has 0 radical (unpaired) electrons. The molecule has 0 unspecified atom stereocenters. The topological polar surface area (TPSA) is 102 Å². The van der Waals surface area contributed by atoms with Crippen molar-refractivity contribution in [3.8, 4) is 0 Å². The number of aromatic nitrogens is 2. The molecule has 30 heavy (non-hydrogen) atoms. The second kappa shape index (κ2) is 8.37. The van der Waals surface area contributed by atoms with E-state index in [4.69, 9.17) is 0 Å². The van der Waals surface area contributed by atoms with E-state index in [9.17, 15) is 13.2 Å². The van der Waals surface area contributed by atoms with Crippen LogP contribution in [-0.4, -0.2) is 72.7 Å². The van der Waals surface area contributed by atoms with Gasteiger partial charge in [-0.25, -0.2) is 8.42 Å². The van der Waals surface area contributed by atoms with Gasteiger partial charge in [0.25, 0.3) is 5.91 Å². The Balaban J connectivity index is 1.41. The van der Waals surface area contributed by atoms with Crippen LogP contribution in [0, 0.1) is 0 Å². The molecule has 2 aromatic rings. The molecule has 0 bridgehead atoms. The minimum Gasteiger partial charge on any atom is -0.369 e. The number of fused-ring (bicyclic) bond motifs is 1. The Bertz CT molecular complexity index is 1010. The van der Waals surface area contributed by atoms with Gasteiger partial charge >= 0.3 is 0 Å². The third kappa shape index (κ3) is 4.21. The standard InChI is InChI=1S/C20H28N6O3S/c1-3-12-30(28,29)26-13-17-18(14-26)22-23-19(17)21-20(27)15-4-6-16(7-5-15)25-10-8-24(2)9-11-25/h4-7H,3,8-14H2,1-2H3,(H2,21,22,23,27). The highest BCUT2D eigenvalue weighted by atomic mass is 32.2. The lowest BCUT2D eigenvalue weighted by atomic mass is 10.1. The second-order valence-corrected chi connectivity index (χ2v) is 9.99. The Morgan fingerprint density at radius 2 is 1.83 bits per heavy atom. The van der Waals surface area contributed by atoms with Crippen LogP contribution < -0.4 is 10.2 Å². The molecule has 9 nitrogen and oxygen atoms in total. The van der Waals surface area contributed by atoms with Crippen molar-refractivity contribution >= 4 is 27.4 Å². The monoisotopic (exact) mass is 432 g/mol. The molecule has 1 fully saturated rings. The molecule has 3 heterocycles. The number of carbonyl (C=O) groups is 1. The summed E-state index contributed by atoms with van der Waals surface area (Å²) in [5, 5.41) is 9.86. The Hall–Kier alpha value is -2.43. The summed E-state index contributed by atoms with van der Waals surface area (Å²) in [6.07, 6.45) is 0.568. The normalized spacial score (nSPS) is 17.9. The smallest absolute Gasteiger partial charge is 0.256 e. The van der Waals surface area contributed by atoms with Gasteiger partial charge in [0.1, 0.15) is 0 Å². The highest BCUT2D eigenvalue weighted by molar-refractivity contribution is 7.89. The zero-order valence-electron chi connectivity index (χ0n) is 17.4. The van der Waals surface area contributed by atoms with Crippen molar-refractivity contribution in [1.82, 2.24) is 19.4 Å². The molecule has 10 heteroatoms. The number of piperazine rings is 1. The van der Waals surface area contributed by atoms with Gasteiger partial charge in [-0.15, -0.1) is 0 Å². The molecule has 0 aliphatic carbocycles. The Kier molecular flexibility index (Phi) is 5.81. The molecule has 1 aromatic carbocycles. The van der Waals surface area contributed by atoms with E-state index < -0.39 is 10.0 Å². The SMILES string of the molecule is CCCS(=O)(=O)N1Cc2[nH]nc(NC(=O)c3ccc(N4CCN(C)CC4)cc3)c2C1. The Labute approximate surface area is 177 Å². The fourth-order valence-corrected chi connectivity index (χ4v) is 5.29. The number of nitrogens with zero attached hydrogens (tertiary/aromatic N) is 4. The van der Waals surface area contributed by atoms with Crippen LogP contribution >= 0.6 is 0 Å². The van der Waals surface area contributed by atoms with Gasteiger partial charge in [0, 0.05) is 49.5 Å². The number of aromatic amines is 1. The Morgan fingerprint density at radius 3 is 2.50 bits per heavy atom. The number of likely N-dealkylation sites (N-methyl/N-ethyl adjacent to an activating group) is 1. The van der Waals surface area contributed by atoms with E-state index in [1.54, 1.807) is 0 Å². The van der Waals surface area contributed by atoms with Crippen LogP contribution in [0.1, 0.15) is 35.0 Å². The molecular formula is C20H28N6O3S. The zero-order chi connectivity index (χ0) is 21.3. The van der Waals surface area contributed by atoms with Gasteiger partial charge in [-0.05, 0) is 37.7 Å². The first-order chi connectivity index (χ1) is 14.4. The number of nitrogens with one attached hydrogen (secondary N) is 2. The molecule has 2 N–H and O–H groups in total. The molecule has 2 aliphatic rings. The summed E-state index contributed by atoms with van der Waals surface area (Å²) in [6, 6.07) is 7.56. The van der Waals surface area contributed by atoms with Crippen LogP contribution in [0.5, 0.6) is 0 Å². The van der Waals surface area contributed by atoms with Crippen molar-refractivity contribution in [3.05, 3.63) is 41.1 Å². The zero-order valence-corrected chi connectivity index (χ0v) is 18.2. The van der Waals surface area contributed by atoms with E-state index in [1.807, 2.05) is 31.2 Å². The molecule has 1 aromatic heterocycles. The minimum absolute atomic E-state index is 0.117. The van der Waals surface area contributed by atoms with Crippen molar-refractivity contribution in [3.63, 3.8) is 0 Å².